The van der Waals surface area contributed by atoms with E-state index in [1.54, 1.807) is 18.7 Å². The summed E-state index contributed by atoms with van der Waals surface area (Å²) >= 11 is 0. The summed E-state index contributed by atoms with van der Waals surface area (Å²) in [6.07, 6.45) is 11.9. The van der Waals surface area contributed by atoms with E-state index in [4.69, 9.17) is 0 Å². The first-order valence-electron chi connectivity index (χ1n) is 10.1. The van der Waals surface area contributed by atoms with Crippen molar-refractivity contribution in [1.82, 2.24) is 29.8 Å². The molecule has 0 saturated carbocycles. The Labute approximate surface area is 167 Å². The molecule has 2 atom stereocenters. The number of amides is 1. The lowest BCUT2D eigenvalue weighted by Gasteiger charge is -2.40. The molecule has 8 nitrogen and oxygen atoms in total. The number of rotatable bonds is 2. The van der Waals surface area contributed by atoms with E-state index in [1.165, 1.54) is 0 Å². The maximum Gasteiger partial charge on any atom is 0.256 e. The van der Waals surface area contributed by atoms with Crippen LogP contribution in [0, 0.1) is 0 Å². The smallest absolute Gasteiger partial charge is 0.256 e. The van der Waals surface area contributed by atoms with Crippen LogP contribution in [0.2, 0.25) is 0 Å². The maximum absolute atomic E-state index is 13.5. The zero-order chi connectivity index (χ0) is 19.4. The molecule has 1 amide bonds. The first-order valence-corrected chi connectivity index (χ1v) is 10.1. The van der Waals surface area contributed by atoms with Crippen molar-refractivity contribution >= 4 is 33.7 Å². The molecule has 146 valence electrons. The van der Waals surface area contributed by atoms with Crippen LogP contribution in [0.4, 0.5) is 5.82 Å². The highest BCUT2D eigenvalue weighted by Crippen LogP contribution is 2.37. The standard InChI is InChI=1S/C21H21N7O/c29-21(15-11-24-16-4-6-22-10-14(15)16)28-8-1-2-17-18(28)5-9-27(17)20-13-3-7-23-19(13)25-12-26-20/h3-4,6-7,10-12,17-18,24H,1-2,5,8-9H2,(H,23,25,26)/t17-,18-/m1/s1. The van der Waals surface area contributed by atoms with Gasteiger partial charge in [-0.05, 0) is 31.4 Å². The summed E-state index contributed by atoms with van der Waals surface area (Å²) in [5.41, 5.74) is 2.51. The number of piperidine rings is 1. The first kappa shape index (κ1) is 16.5. The van der Waals surface area contributed by atoms with Crippen LogP contribution in [-0.2, 0) is 0 Å². The van der Waals surface area contributed by atoms with E-state index in [2.05, 4.69) is 34.7 Å². The van der Waals surface area contributed by atoms with E-state index in [0.717, 1.165) is 60.1 Å². The molecule has 2 aliphatic rings. The Bertz CT molecular complexity index is 1210. The van der Waals surface area contributed by atoms with E-state index >= 15 is 0 Å². The van der Waals surface area contributed by atoms with Gasteiger partial charge in [0.1, 0.15) is 17.8 Å². The molecule has 2 saturated heterocycles. The van der Waals surface area contributed by atoms with Crippen LogP contribution in [0.15, 0.2) is 43.2 Å². The van der Waals surface area contributed by atoms with Crippen LogP contribution < -0.4 is 4.90 Å². The Morgan fingerprint density at radius 3 is 3.00 bits per heavy atom. The van der Waals surface area contributed by atoms with Gasteiger partial charge in [0.05, 0.1) is 23.0 Å². The predicted molar refractivity (Wildman–Crippen MR) is 110 cm³/mol. The topological polar surface area (TPSA) is 93.8 Å². The molecule has 0 spiro atoms. The molecule has 2 N–H and O–H groups in total. The number of carbonyl (C=O) groups is 1. The minimum absolute atomic E-state index is 0.0929. The number of likely N-dealkylation sites (tertiary alicyclic amines) is 1. The van der Waals surface area contributed by atoms with Crippen molar-refractivity contribution in [1.29, 1.82) is 0 Å². The van der Waals surface area contributed by atoms with Crippen LogP contribution in [0.3, 0.4) is 0 Å². The van der Waals surface area contributed by atoms with E-state index in [1.807, 2.05) is 24.5 Å². The van der Waals surface area contributed by atoms with Crippen molar-refractivity contribution in [3.8, 4) is 0 Å². The van der Waals surface area contributed by atoms with Crippen molar-refractivity contribution in [2.75, 3.05) is 18.0 Å². The zero-order valence-corrected chi connectivity index (χ0v) is 15.9. The zero-order valence-electron chi connectivity index (χ0n) is 15.9. The number of anilines is 1. The number of H-pyrrole nitrogens is 2. The number of carbonyl (C=O) groups excluding carboxylic acids is 1. The molecule has 4 aromatic heterocycles. The summed E-state index contributed by atoms with van der Waals surface area (Å²) in [5.74, 6) is 1.06. The lowest BCUT2D eigenvalue weighted by atomic mass is 9.95. The molecule has 2 fully saturated rings. The molecule has 8 heteroatoms. The molecule has 0 aliphatic carbocycles. The van der Waals surface area contributed by atoms with Gasteiger partial charge in [0, 0.05) is 48.8 Å². The van der Waals surface area contributed by atoms with Crippen molar-refractivity contribution in [2.24, 2.45) is 0 Å². The second-order valence-corrected chi connectivity index (χ2v) is 7.82. The number of nitrogens with zero attached hydrogens (tertiary/aromatic N) is 5. The second kappa shape index (κ2) is 6.30. The summed E-state index contributed by atoms with van der Waals surface area (Å²) in [7, 11) is 0. The average Bonchev–Trinajstić information content (AvgIpc) is 3.50. The molecule has 6 heterocycles. The van der Waals surface area contributed by atoms with Crippen LogP contribution in [0.25, 0.3) is 21.9 Å². The molecule has 0 bridgehead atoms. The van der Waals surface area contributed by atoms with Gasteiger partial charge < -0.3 is 19.8 Å². The fraction of sp³-hybridized carbons (Fsp3) is 0.333. The third-order valence-electron chi connectivity index (χ3n) is 6.39. The van der Waals surface area contributed by atoms with E-state index in [9.17, 15) is 4.79 Å². The number of aromatic nitrogens is 5. The lowest BCUT2D eigenvalue weighted by molar-refractivity contribution is 0.0610. The molecule has 29 heavy (non-hydrogen) atoms. The highest BCUT2D eigenvalue weighted by atomic mass is 16.2. The van der Waals surface area contributed by atoms with Crippen molar-refractivity contribution in [3.63, 3.8) is 0 Å². The maximum atomic E-state index is 13.5. The Morgan fingerprint density at radius 2 is 2.03 bits per heavy atom. The highest BCUT2D eigenvalue weighted by molar-refractivity contribution is 6.06. The molecule has 0 radical (unpaired) electrons. The van der Waals surface area contributed by atoms with E-state index in [0.29, 0.717) is 5.56 Å². The van der Waals surface area contributed by atoms with Gasteiger partial charge in [0.25, 0.3) is 5.91 Å². The predicted octanol–water partition coefficient (Wildman–Crippen LogP) is 2.72. The van der Waals surface area contributed by atoms with Crippen LogP contribution in [0.1, 0.15) is 29.6 Å². The van der Waals surface area contributed by atoms with E-state index < -0.39 is 0 Å². The third kappa shape index (κ3) is 2.45. The van der Waals surface area contributed by atoms with Gasteiger partial charge in [-0.3, -0.25) is 9.78 Å². The summed E-state index contributed by atoms with van der Waals surface area (Å²) in [4.78, 5) is 37.4. The SMILES string of the molecule is O=C(c1c[nH]c2ccncc12)N1CCC[C@@H]2[C@H]1CCN2c1ncnc2[nH]ccc12. The minimum atomic E-state index is 0.0929. The summed E-state index contributed by atoms with van der Waals surface area (Å²) in [5, 5.41) is 1.93. The number of hydrogen-bond donors (Lipinski definition) is 2. The number of aromatic amines is 2. The monoisotopic (exact) mass is 387 g/mol. The molecule has 4 aromatic rings. The first-order chi connectivity index (χ1) is 14.3. The molecule has 0 aromatic carbocycles. The van der Waals surface area contributed by atoms with Gasteiger partial charge >= 0.3 is 0 Å². The molecular formula is C21H21N7O. The van der Waals surface area contributed by atoms with Gasteiger partial charge in [0.2, 0.25) is 0 Å². The number of hydrogen-bond acceptors (Lipinski definition) is 5. The van der Waals surface area contributed by atoms with Crippen molar-refractivity contribution in [2.45, 2.75) is 31.3 Å². The summed E-state index contributed by atoms with van der Waals surface area (Å²) < 4.78 is 0. The largest absolute Gasteiger partial charge is 0.360 e. The second-order valence-electron chi connectivity index (χ2n) is 7.82. The van der Waals surface area contributed by atoms with Gasteiger partial charge in [-0.2, -0.15) is 0 Å². The molecule has 0 unspecified atom stereocenters. The third-order valence-corrected chi connectivity index (χ3v) is 6.39. The van der Waals surface area contributed by atoms with Gasteiger partial charge in [-0.15, -0.1) is 0 Å². The minimum Gasteiger partial charge on any atom is -0.360 e. The lowest BCUT2D eigenvalue weighted by Crippen LogP contribution is -2.52. The van der Waals surface area contributed by atoms with Gasteiger partial charge in [-0.25, -0.2) is 9.97 Å². The van der Waals surface area contributed by atoms with Crippen LogP contribution >= 0.6 is 0 Å². The Morgan fingerprint density at radius 1 is 1.07 bits per heavy atom. The highest BCUT2D eigenvalue weighted by Gasteiger charge is 2.43. The molecule has 6 rings (SSSR count). The summed E-state index contributed by atoms with van der Waals surface area (Å²) in [6.45, 7) is 1.69. The fourth-order valence-electron chi connectivity index (χ4n) is 5.08. The number of fused-ring (bicyclic) bond motifs is 3. The van der Waals surface area contributed by atoms with Crippen molar-refractivity contribution in [3.05, 3.63) is 48.8 Å². The van der Waals surface area contributed by atoms with Gasteiger partial charge in [-0.1, -0.05) is 0 Å². The Balaban J connectivity index is 1.34. The van der Waals surface area contributed by atoms with Gasteiger partial charge in [0.15, 0.2) is 0 Å². The quantitative estimate of drug-likeness (QED) is 0.552. The van der Waals surface area contributed by atoms with Crippen molar-refractivity contribution < 1.29 is 4.79 Å². The average molecular weight is 387 g/mol. The Kier molecular flexibility index (Phi) is 3.59. The molecular weight excluding hydrogens is 366 g/mol. The fourth-order valence-corrected chi connectivity index (χ4v) is 5.08. The van der Waals surface area contributed by atoms with Crippen LogP contribution in [0.5, 0.6) is 0 Å². The van der Waals surface area contributed by atoms with Crippen LogP contribution in [-0.4, -0.2) is 60.9 Å². The Hall–Kier alpha value is -3.42. The number of pyridine rings is 1. The number of nitrogens with one attached hydrogen (secondary N) is 2. The summed E-state index contributed by atoms with van der Waals surface area (Å²) in [6, 6.07) is 4.41. The molecule has 2 aliphatic heterocycles. The normalized spacial score (nSPS) is 21.8. The van der Waals surface area contributed by atoms with E-state index in [-0.39, 0.29) is 18.0 Å².